The van der Waals surface area contributed by atoms with Gasteiger partial charge in [-0.3, -0.25) is 24.0 Å². The molecule has 3 aromatic carbocycles. The third-order valence-electron chi connectivity index (χ3n) is 9.74. The Labute approximate surface area is 413 Å². The van der Waals surface area contributed by atoms with Crippen molar-refractivity contribution in [2.45, 2.75) is 172 Å². The summed E-state index contributed by atoms with van der Waals surface area (Å²) in [6, 6.07) is 32.3. The average Bonchev–Trinajstić information content (AvgIpc) is 3.38. The molecule has 68 heavy (non-hydrogen) atoms. The molecule has 0 heterocycles. The van der Waals surface area contributed by atoms with Crippen LogP contribution in [0.25, 0.3) is 0 Å². The fourth-order valence-corrected chi connectivity index (χ4v) is 5.01. The molecule has 0 aliphatic heterocycles. The molecule has 4 N–H and O–H groups in total. The minimum atomic E-state index is -0.879. The number of benzene rings is 3. The van der Waals surface area contributed by atoms with E-state index in [2.05, 4.69) is 69.2 Å². The molecule has 0 spiro atoms. The number of ether oxygens (including phenoxy) is 2. The van der Waals surface area contributed by atoms with Gasteiger partial charge in [-0.25, -0.2) is 4.79 Å². The van der Waals surface area contributed by atoms with Gasteiger partial charge in [-0.05, 0) is 48.6 Å². The van der Waals surface area contributed by atoms with E-state index in [9.17, 15) is 14.4 Å². The maximum atomic E-state index is 10.2. The number of carbonyl (C=O) groups is 6. The molecule has 0 saturated heterocycles. The number of carboxylic acids is 1. The van der Waals surface area contributed by atoms with E-state index in [1.807, 2.05) is 72.8 Å². The molecule has 0 aliphatic carbocycles. The Bertz CT molecular complexity index is 1190. The third kappa shape index (κ3) is 84.0. The van der Waals surface area contributed by atoms with Crippen LogP contribution in [-0.2, 0) is 33.4 Å². The van der Waals surface area contributed by atoms with Gasteiger partial charge in [0.1, 0.15) is 0 Å². The molecule has 0 fully saturated rings. The number of rotatable bonds is 23. The van der Waals surface area contributed by atoms with Gasteiger partial charge >= 0.3 is 5.97 Å². The Balaban J connectivity index is -0.000000125. The first-order valence-electron chi connectivity index (χ1n) is 24.5. The lowest BCUT2D eigenvalue weighted by Crippen LogP contribution is -2.07. The summed E-state index contributed by atoms with van der Waals surface area (Å²) in [6.45, 7) is 23.8. The summed E-state index contributed by atoms with van der Waals surface area (Å²) in [5, 5.41) is 29.1. The van der Waals surface area contributed by atoms with Crippen LogP contribution in [0, 0.1) is 23.7 Å². The van der Waals surface area contributed by atoms with Crippen LogP contribution >= 0.6 is 0 Å². The first-order valence-corrected chi connectivity index (χ1v) is 24.5. The van der Waals surface area contributed by atoms with E-state index in [0.717, 1.165) is 24.7 Å². The number of carboxylic acid groups (broad SMARTS) is 4. The van der Waals surface area contributed by atoms with E-state index in [1.54, 1.807) is 30.3 Å². The summed E-state index contributed by atoms with van der Waals surface area (Å²) in [4.78, 5) is 55.0. The molecule has 0 bridgehead atoms. The Morgan fingerprint density at radius 3 is 0.853 bits per heavy atom. The molecule has 0 radical (unpaired) electrons. The van der Waals surface area contributed by atoms with Gasteiger partial charge < -0.3 is 29.9 Å². The Hall–Kier alpha value is -5.52. The van der Waals surface area contributed by atoms with Gasteiger partial charge in [0.25, 0.3) is 32.4 Å². The molecular weight excluding hydrogens is 865 g/mol. The summed E-state index contributed by atoms with van der Waals surface area (Å²) >= 11 is 0. The molecule has 392 valence electrons. The van der Waals surface area contributed by atoms with Crippen molar-refractivity contribution in [1.29, 1.82) is 0 Å². The maximum Gasteiger partial charge on any atom is 0.335 e. The zero-order valence-corrected chi connectivity index (χ0v) is 43.8. The highest BCUT2D eigenvalue weighted by Gasteiger charge is 2.06. The minimum absolute atomic E-state index is 0.250. The van der Waals surface area contributed by atoms with E-state index in [0.29, 0.717) is 43.6 Å². The molecule has 4 atom stereocenters. The van der Waals surface area contributed by atoms with Crippen molar-refractivity contribution in [3.63, 3.8) is 0 Å². The monoisotopic (exact) mass is 961 g/mol. The highest BCUT2D eigenvalue weighted by Crippen LogP contribution is 2.13. The molecule has 0 aliphatic rings. The van der Waals surface area contributed by atoms with Crippen molar-refractivity contribution >= 4 is 38.3 Å². The van der Waals surface area contributed by atoms with Crippen LogP contribution in [0.3, 0.4) is 0 Å². The van der Waals surface area contributed by atoms with Crippen LogP contribution in [0.2, 0.25) is 0 Å². The smallest absolute Gasteiger partial charge is 0.335 e. The zero-order chi connectivity index (χ0) is 53.2. The predicted octanol–water partition coefficient (Wildman–Crippen LogP) is 15.1. The molecule has 12 heteroatoms. The summed E-state index contributed by atoms with van der Waals surface area (Å²) in [5.74, 6) is 2.17. The minimum Gasteiger partial charge on any atom is -0.483 e. The van der Waals surface area contributed by atoms with Crippen molar-refractivity contribution in [3.8, 4) is 0 Å². The lowest BCUT2D eigenvalue weighted by atomic mass is 10.0. The van der Waals surface area contributed by atoms with Gasteiger partial charge in [-0.1, -0.05) is 250 Å². The molecular formula is C56H96O12. The molecule has 3 aromatic rings. The molecule has 4 unspecified atom stereocenters. The molecule has 0 amide bonds. The number of hydrogen-bond acceptors (Lipinski definition) is 8. The van der Waals surface area contributed by atoms with Crippen molar-refractivity contribution in [2.75, 3.05) is 13.2 Å². The van der Waals surface area contributed by atoms with E-state index in [1.165, 1.54) is 89.9 Å². The van der Waals surface area contributed by atoms with Crippen molar-refractivity contribution in [3.05, 3.63) is 109 Å². The van der Waals surface area contributed by atoms with Gasteiger partial charge in [-0.2, -0.15) is 0 Å². The summed E-state index contributed by atoms with van der Waals surface area (Å²) < 4.78 is 9.41. The lowest BCUT2D eigenvalue weighted by Gasteiger charge is -2.11. The topological polar surface area (TPSA) is 202 Å². The second-order valence-corrected chi connectivity index (χ2v) is 15.3. The van der Waals surface area contributed by atoms with E-state index < -0.39 is 5.97 Å². The molecule has 0 saturated carbocycles. The highest BCUT2D eigenvalue weighted by atomic mass is 16.5. The van der Waals surface area contributed by atoms with Crippen LogP contribution < -0.4 is 0 Å². The molecule has 12 nitrogen and oxygen atoms in total. The van der Waals surface area contributed by atoms with E-state index >= 15 is 0 Å². The van der Waals surface area contributed by atoms with Gasteiger partial charge in [0, 0.05) is 0 Å². The Kier molecular flexibility index (Phi) is 85.5. The maximum absolute atomic E-state index is 10.2. The predicted molar refractivity (Wildman–Crippen MR) is 281 cm³/mol. The molecule has 0 aromatic heterocycles. The number of hydrogen-bond donors (Lipinski definition) is 4. The first kappa shape index (κ1) is 76.7. The second kappa shape index (κ2) is 75.8. The lowest BCUT2D eigenvalue weighted by molar-refractivity contribution is -0.130. The Morgan fingerprint density at radius 1 is 0.441 bits per heavy atom. The van der Waals surface area contributed by atoms with E-state index in [-0.39, 0.29) is 19.4 Å². The standard InChI is InChI=1S/2C9H18O2.2C8H18.C7H6O2.2C6H6.3CH2O2/c2*1-3-5-6-9(4-2)7-11-8-10;2*1-4-6-7-8(3)5-2;8-7(9)6-4-2-1-3-5-6;2*1-2-4-6-5-3-1;3*2-1-3/h2*8-9H,3-7H2,1-2H3;2*8H,4-7H2,1-3H3;1-5H,(H,8,9);2*1-6H;3*1H,(H,2,3). The van der Waals surface area contributed by atoms with Gasteiger partial charge in [0.15, 0.2) is 0 Å². The fraction of sp³-hybridized carbons (Fsp3) is 0.571. The third-order valence-corrected chi connectivity index (χ3v) is 9.74. The van der Waals surface area contributed by atoms with Gasteiger partial charge in [0.2, 0.25) is 0 Å². The average molecular weight is 961 g/mol. The van der Waals surface area contributed by atoms with Crippen LogP contribution in [0.5, 0.6) is 0 Å². The summed E-state index contributed by atoms with van der Waals surface area (Å²) in [6.07, 6.45) is 20.6. The van der Waals surface area contributed by atoms with Crippen LogP contribution in [0.4, 0.5) is 0 Å². The number of aromatic carboxylic acids is 1. The van der Waals surface area contributed by atoms with E-state index in [4.69, 9.17) is 44.3 Å². The SMILES string of the molecule is CCCCC(C)CC.CCCCC(C)CC.CCCCC(CC)COC=O.CCCCC(CC)COC=O.O=C(O)c1ccccc1.O=CO.O=CO.O=CO.c1ccccc1.c1ccccc1. The highest BCUT2D eigenvalue weighted by molar-refractivity contribution is 5.87. The van der Waals surface area contributed by atoms with Gasteiger partial charge in [-0.15, -0.1) is 0 Å². The summed E-state index contributed by atoms with van der Waals surface area (Å²) in [5.41, 5.74) is 0.331. The second-order valence-electron chi connectivity index (χ2n) is 15.3. The fourth-order valence-electron chi connectivity index (χ4n) is 5.01. The molecule has 3 rings (SSSR count). The number of carbonyl (C=O) groups excluding carboxylic acids is 2. The first-order chi connectivity index (χ1) is 32.9. The van der Waals surface area contributed by atoms with Crippen molar-refractivity contribution in [2.24, 2.45) is 23.7 Å². The van der Waals surface area contributed by atoms with Crippen molar-refractivity contribution in [1.82, 2.24) is 0 Å². The zero-order valence-electron chi connectivity index (χ0n) is 43.8. The van der Waals surface area contributed by atoms with Gasteiger partial charge in [0.05, 0.1) is 18.8 Å². The Morgan fingerprint density at radius 2 is 0.676 bits per heavy atom. The normalized spacial score (nSPS) is 10.4. The van der Waals surface area contributed by atoms with Crippen LogP contribution in [0.15, 0.2) is 103 Å². The van der Waals surface area contributed by atoms with Crippen molar-refractivity contribution < 1.29 is 58.7 Å². The largest absolute Gasteiger partial charge is 0.483 e. The quantitative estimate of drug-likeness (QED) is 0.0656. The van der Waals surface area contributed by atoms with Crippen LogP contribution in [0.1, 0.15) is 182 Å². The summed E-state index contributed by atoms with van der Waals surface area (Å²) in [7, 11) is 0. The number of unbranched alkanes of at least 4 members (excludes halogenated alkanes) is 4. The van der Waals surface area contributed by atoms with Crippen LogP contribution in [-0.4, -0.2) is 72.0 Å².